The SMILES string of the molecule is CC(=O)[C@]1(O)Cc2c(O)c3c(c(O)c2[C@@H](O[C@H]2C[C@@H](N)[C@H](O)C(C)O2)C1)C(=O)c1ccccc1C3=O. The van der Waals surface area contributed by atoms with Gasteiger partial charge in [0.15, 0.2) is 23.6 Å². The van der Waals surface area contributed by atoms with Gasteiger partial charge >= 0.3 is 0 Å². The molecule has 5 rings (SSSR count). The van der Waals surface area contributed by atoms with E-state index < -0.39 is 71.5 Å². The first-order chi connectivity index (χ1) is 16.9. The summed E-state index contributed by atoms with van der Waals surface area (Å²) in [4.78, 5) is 39.0. The van der Waals surface area contributed by atoms with Gasteiger partial charge in [-0.15, -0.1) is 0 Å². The van der Waals surface area contributed by atoms with Crippen molar-refractivity contribution in [1.82, 2.24) is 0 Å². The van der Waals surface area contributed by atoms with Crippen LogP contribution in [-0.4, -0.2) is 67.9 Å². The quantitative estimate of drug-likeness (QED) is 0.328. The zero-order chi connectivity index (χ0) is 26.1. The van der Waals surface area contributed by atoms with Crippen molar-refractivity contribution in [3.8, 4) is 11.5 Å². The molecule has 0 aromatic heterocycles. The first-order valence-electron chi connectivity index (χ1n) is 11.7. The van der Waals surface area contributed by atoms with Crippen LogP contribution < -0.4 is 5.73 Å². The standard InChI is InChI=1S/C26H27NO9/c1-10-21(29)15(27)7-17(35-10)36-16-9-26(34,11(2)28)8-14-18(16)25(33)20-19(24(14)32)22(30)12-5-3-4-6-13(12)23(20)31/h3-6,10,15-17,21,29,32-34H,7-9,27H2,1-2H3/t10?,15-,16+,17+,21-,26+/m1/s1. The molecule has 1 unspecified atom stereocenters. The molecule has 0 bridgehead atoms. The van der Waals surface area contributed by atoms with Crippen molar-refractivity contribution in [2.45, 2.75) is 69.4 Å². The first kappa shape index (κ1) is 24.5. The largest absolute Gasteiger partial charge is 0.507 e. The lowest BCUT2D eigenvalue weighted by Crippen LogP contribution is -2.52. The maximum Gasteiger partial charge on any atom is 0.198 e. The highest BCUT2D eigenvalue weighted by atomic mass is 16.7. The average molecular weight is 498 g/mol. The summed E-state index contributed by atoms with van der Waals surface area (Å²) in [6.45, 7) is 2.80. The predicted octanol–water partition coefficient (Wildman–Crippen LogP) is 1.02. The fourth-order valence-electron chi connectivity index (χ4n) is 5.42. The van der Waals surface area contributed by atoms with Crippen LogP contribution in [0.2, 0.25) is 0 Å². The minimum absolute atomic E-state index is 0.00588. The summed E-state index contributed by atoms with van der Waals surface area (Å²) in [5, 5.41) is 43.8. The number of fused-ring (bicyclic) bond motifs is 3. The van der Waals surface area contributed by atoms with Crippen LogP contribution in [0.25, 0.3) is 0 Å². The number of phenols is 2. The zero-order valence-electron chi connectivity index (χ0n) is 19.7. The minimum atomic E-state index is -1.97. The molecule has 1 aliphatic heterocycles. The van der Waals surface area contributed by atoms with E-state index in [9.17, 15) is 34.8 Å². The van der Waals surface area contributed by atoms with E-state index in [2.05, 4.69) is 0 Å². The van der Waals surface area contributed by atoms with E-state index in [-0.39, 0.29) is 46.2 Å². The van der Waals surface area contributed by atoms with Gasteiger partial charge in [-0.2, -0.15) is 0 Å². The number of benzene rings is 2. The lowest BCUT2D eigenvalue weighted by atomic mass is 9.72. The van der Waals surface area contributed by atoms with Gasteiger partial charge in [0.2, 0.25) is 0 Å². The maximum absolute atomic E-state index is 13.3. The Hall–Kier alpha value is -3.15. The number of ketones is 3. The second-order valence-corrected chi connectivity index (χ2v) is 9.80. The van der Waals surface area contributed by atoms with Crippen LogP contribution in [0.5, 0.6) is 11.5 Å². The molecule has 6 N–H and O–H groups in total. The van der Waals surface area contributed by atoms with Gasteiger partial charge in [-0.05, 0) is 13.8 Å². The Labute approximate surface area is 206 Å². The molecule has 3 aliphatic rings. The van der Waals surface area contributed by atoms with Gasteiger partial charge < -0.3 is 35.6 Å². The van der Waals surface area contributed by atoms with Crippen molar-refractivity contribution in [3.05, 3.63) is 57.6 Å². The van der Waals surface area contributed by atoms with Gasteiger partial charge in [-0.3, -0.25) is 14.4 Å². The number of aromatic hydroxyl groups is 2. The summed E-state index contributed by atoms with van der Waals surface area (Å²) in [7, 11) is 0. The van der Waals surface area contributed by atoms with Crippen LogP contribution in [0.3, 0.4) is 0 Å². The number of aliphatic hydroxyl groups is 2. The van der Waals surface area contributed by atoms with E-state index in [4.69, 9.17) is 15.2 Å². The summed E-state index contributed by atoms with van der Waals surface area (Å²) in [6, 6.07) is 5.40. The third kappa shape index (κ3) is 3.56. The number of ether oxygens (including phenoxy) is 2. The number of carbonyl (C=O) groups excluding carboxylic acids is 3. The molecule has 2 aliphatic carbocycles. The van der Waals surface area contributed by atoms with E-state index in [1.807, 2.05) is 0 Å². The number of aliphatic hydroxyl groups excluding tert-OH is 1. The highest BCUT2D eigenvalue weighted by Gasteiger charge is 2.49. The number of hydrogen-bond donors (Lipinski definition) is 5. The fourth-order valence-corrected chi connectivity index (χ4v) is 5.42. The molecule has 1 fully saturated rings. The van der Waals surface area contributed by atoms with Crippen LogP contribution in [0.4, 0.5) is 0 Å². The van der Waals surface area contributed by atoms with Crippen LogP contribution in [0.1, 0.15) is 75.8 Å². The van der Waals surface area contributed by atoms with E-state index >= 15 is 0 Å². The topological polar surface area (TPSA) is 177 Å². The van der Waals surface area contributed by atoms with Gasteiger partial charge in [0.1, 0.15) is 17.1 Å². The van der Waals surface area contributed by atoms with Crippen molar-refractivity contribution < 1.29 is 44.3 Å². The molecule has 0 saturated carbocycles. The summed E-state index contributed by atoms with van der Waals surface area (Å²) in [6.07, 6.45) is -4.38. The molecule has 190 valence electrons. The monoisotopic (exact) mass is 497 g/mol. The lowest BCUT2D eigenvalue weighted by Gasteiger charge is -2.42. The Morgan fingerprint density at radius 3 is 2.25 bits per heavy atom. The first-order valence-corrected chi connectivity index (χ1v) is 11.7. The van der Waals surface area contributed by atoms with Gasteiger partial charge in [0.25, 0.3) is 0 Å². The van der Waals surface area contributed by atoms with Gasteiger partial charge in [0.05, 0.1) is 29.4 Å². The summed E-state index contributed by atoms with van der Waals surface area (Å²) in [5.41, 5.74) is 3.38. The lowest BCUT2D eigenvalue weighted by molar-refractivity contribution is -0.247. The zero-order valence-corrected chi connectivity index (χ0v) is 19.7. The molecule has 1 saturated heterocycles. The number of phenolic OH excluding ortho intramolecular Hbond substituents is 2. The van der Waals surface area contributed by atoms with Crippen molar-refractivity contribution in [3.63, 3.8) is 0 Å². The van der Waals surface area contributed by atoms with Gasteiger partial charge in [-0.25, -0.2) is 0 Å². The van der Waals surface area contributed by atoms with Crippen LogP contribution in [0, 0.1) is 0 Å². The molecule has 36 heavy (non-hydrogen) atoms. The van der Waals surface area contributed by atoms with Gasteiger partial charge in [0, 0.05) is 47.6 Å². The Kier molecular flexibility index (Phi) is 5.77. The van der Waals surface area contributed by atoms with Crippen LogP contribution in [-0.2, 0) is 20.7 Å². The van der Waals surface area contributed by atoms with Crippen LogP contribution >= 0.6 is 0 Å². The highest BCUT2D eigenvalue weighted by Crippen LogP contribution is 2.51. The Morgan fingerprint density at radius 1 is 1.11 bits per heavy atom. The van der Waals surface area contributed by atoms with E-state index in [1.165, 1.54) is 19.1 Å². The van der Waals surface area contributed by atoms with Gasteiger partial charge in [-0.1, -0.05) is 24.3 Å². The Morgan fingerprint density at radius 2 is 1.69 bits per heavy atom. The maximum atomic E-state index is 13.3. The third-order valence-corrected chi connectivity index (χ3v) is 7.50. The molecular formula is C26H27NO9. The normalized spacial score (nSPS) is 31.4. The number of hydrogen-bond acceptors (Lipinski definition) is 10. The van der Waals surface area contributed by atoms with E-state index in [1.54, 1.807) is 19.1 Å². The molecule has 10 heteroatoms. The predicted molar refractivity (Wildman–Crippen MR) is 124 cm³/mol. The fraction of sp³-hybridized carbons (Fsp3) is 0.423. The molecule has 0 radical (unpaired) electrons. The van der Waals surface area contributed by atoms with Crippen molar-refractivity contribution in [2.24, 2.45) is 5.73 Å². The summed E-state index contributed by atoms with van der Waals surface area (Å²) >= 11 is 0. The smallest absolute Gasteiger partial charge is 0.198 e. The molecular weight excluding hydrogens is 470 g/mol. The summed E-state index contributed by atoms with van der Waals surface area (Å²) in [5.74, 6) is -3.06. The second-order valence-electron chi connectivity index (χ2n) is 9.80. The number of nitrogens with two attached hydrogens (primary N) is 1. The Bertz CT molecular complexity index is 1290. The second kappa shape index (κ2) is 8.46. The molecule has 0 amide bonds. The van der Waals surface area contributed by atoms with E-state index in [0.717, 1.165) is 0 Å². The molecule has 0 spiro atoms. The Balaban J connectivity index is 1.66. The van der Waals surface area contributed by atoms with Crippen molar-refractivity contribution in [1.29, 1.82) is 0 Å². The molecule has 1 heterocycles. The molecule has 2 aromatic rings. The highest BCUT2D eigenvalue weighted by molar-refractivity contribution is 6.30. The number of carbonyl (C=O) groups is 3. The molecule has 6 atom stereocenters. The molecule has 2 aromatic carbocycles. The number of rotatable bonds is 3. The van der Waals surface area contributed by atoms with Crippen molar-refractivity contribution in [2.75, 3.05) is 0 Å². The molecule has 10 nitrogen and oxygen atoms in total. The van der Waals surface area contributed by atoms with Crippen molar-refractivity contribution >= 4 is 17.3 Å². The minimum Gasteiger partial charge on any atom is -0.507 e. The third-order valence-electron chi connectivity index (χ3n) is 7.50. The van der Waals surface area contributed by atoms with E-state index in [0.29, 0.717) is 0 Å². The average Bonchev–Trinajstić information content (AvgIpc) is 2.82. The van der Waals surface area contributed by atoms with Crippen LogP contribution in [0.15, 0.2) is 24.3 Å². The summed E-state index contributed by atoms with van der Waals surface area (Å²) < 4.78 is 11.8. The number of Topliss-reactive ketones (excluding diaryl/α,β-unsaturated/α-hetero) is 1.